The van der Waals surface area contributed by atoms with Crippen LogP contribution in [0.15, 0.2) is 70.5 Å². The Kier molecular flexibility index (Phi) is 7.00. The number of likely N-dealkylation sites (tertiary alicyclic amines) is 1. The fraction of sp³-hybridized carbons (Fsp3) is 0.303. The van der Waals surface area contributed by atoms with Crippen LogP contribution in [-0.2, 0) is 19.2 Å². The Balaban J connectivity index is 1.13. The van der Waals surface area contributed by atoms with Crippen LogP contribution >= 0.6 is 34.7 Å². The molecule has 3 aromatic carbocycles. The van der Waals surface area contributed by atoms with Crippen LogP contribution in [0.2, 0.25) is 5.02 Å². The highest BCUT2D eigenvalue weighted by Crippen LogP contribution is 2.69. The van der Waals surface area contributed by atoms with Crippen molar-refractivity contribution in [1.82, 2.24) is 9.88 Å². The molecule has 2 aliphatic carbocycles. The Morgan fingerprint density at radius 3 is 2.59 bits per heavy atom. The van der Waals surface area contributed by atoms with E-state index in [1.807, 2.05) is 42.5 Å². The number of nitrogens with zero attached hydrogens (tertiary/aromatic N) is 1. The van der Waals surface area contributed by atoms with Gasteiger partial charge >= 0.3 is 10.8 Å². The van der Waals surface area contributed by atoms with Crippen molar-refractivity contribution in [2.45, 2.75) is 22.6 Å². The van der Waals surface area contributed by atoms with Crippen LogP contribution in [0.5, 0.6) is 5.75 Å². The van der Waals surface area contributed by atoms with E-state index in [9.17, 15) is 29.1 Å². The lowest BCUT2D eigenvalue weighted by molar-refractivity contribution is -0.149. The number of anilines is 1. The Morgan fingerprint density at radius 1 is 1.02 bits per heavy atom. The number of benzene rings is 3. The number of fused-ring (bicyclic) bond motifs is 10. The SMILES string of the molecule is O=C(O)CN1C(=O)C2C3CC(C2C1=O)C1C3Sc2[nH]c(=O)sc2[C@@H]1c1cc(Cl)ccc1OCC(=O)Nc1cccc2ccccc12. The summed E-state index contributed by atoms with van der Waals surface area (Å²) in [7, 11) is 0. The number of hydrogen-bond acceptors (Lipinski definition) is 8. The molecule has 6 unspecified atom stereocenters. The molecule has 3 heterocycles. The van der Waals surface area contributed by atoms with Crippen LogP contribution in [0.1, 0.15) is 22.8 Å². The standard InChI is InChI=1S/C33H26ClN3O7S2/c34-15-8-9-21(44-13-22(38)35-20-7-3-5-14-4-1-2-6-16(14)20)17(10-15)24-25-18-11-19(28(25)45-30-29(24)46-33(43)36-30)27-26(18)31(41)37(32(27)42)12-23(39)40/h1-10,18-19,24-28H,11-13H2,(H,35,38)(H,36,43)(H,39,40)/t18?,19?,24-,25?,26?,27?,28?/m1/s1. The van der Waals surface area contributed by atoms with Gasteiger partial charge in [-0.1, -0.05) is 59.3 Å². The van der Waals surface area contributed by atoms with Gasteiger partial charge in [0.05, 0.1) is 16.9 Å². The van der Waals surface area contributed by atoms with E-state index in [2.05, 4.69) is 10.3 Å². The Hall–Kier alpha value is -4.13. The molecule has 13 heteroatoms. The van der Waals surface area contributed by atoms with Crippen molar-refractivity contribution < 1.29 is 29.0 Å². The zero-order valence-electron chi connectivity index (χ0n) is 24.0. The predicted molar refractivity (Wildman–Crippen MR) is 172 cm³/mol. The molecule has 7 atom stereocenters. The Bertz CT molecular complexity index is 2020. The van der Waals surface area contributed by atoms with Crippen LogP contribution in [0.25, 0.3) is 10.8 Å². The number of carboxylic acid groups (broad SMARTS) is 1. The van der Waals surface area contributed by atoms with E-state index >= 15 is 0 Å². The lowest BCUT2D eigenvalue weighted by atomic mass is 9.68. The van der Waals surface area contributed by atoms with Crippen LogP contribution in [0.3, 0.4) is 0 Å². The number of ether oxygens (including phenoxy) is 1. The van der Waals surface area contributed by atoms with Gasteiger partial charge in [-0.15, -0.1) is 11.8 Å². The number of imide groups is 1. The number of nitrogens with one attached hydrogen (secondary N) is 2. The number of carboxylic acids is 1. The monoisotopic (exact) mass is 675 g/mol. The fourth-order valence-electron chi connectivity index (χ4n) is 8.28. The van der Waals surface area contributed by atoms with E-state index in [1.165, 1.54) is 11.8 Å². The number of aromatic amines is 1. The van der Waals surface area contributed by atoms with E-state index in [0.29, 0.717) is 33.5 Å². The summed E-state index contributed by atoms with van der Waals surface area (Å²) in [4.78, 5) is 68.6. The van der Waals surface area contributed by atoms with E-state index < -0.39 is 42.1 Å². The number of thiazole rings is 1. The van der Waals surface area contributed by atoms with Crippen molar-refractivity contribution in [2.24, 2.45) is 29.6 Å². The van der Waals surface area contributed by atoms with Crippen molar-refractivity contribution in [3.8, 4) is 5.75 Å². The molecule has 3 fully saturated rings. The molecule has 3 N–H and O–H groups in total. The fourth-order valence-corrected chi connectivity index (χ4v) is 11.3. The number of hydrogen-bond donors (Lipinski definition) is 3. The van der Waals surface area contributed by atoms with Crippen LogP contribution < -0.4 is 14.9 Å². The first-order valence-electron chi connectivity index (χ1n) is 14.9. The summed E-state index contributed by atoms with van der Waals surface area (Å²) in [6, 6.07) is 18.6. The van der Waals surface area contributed by atoms with Crippen molar-refractivity contribution in [2.75, 3.05) is 18.5 Å². The first-order valence-corrected chi connectivity index (χ1v) is 16.9. The highest BCUT2D eigenvalue weighted by atomic mass is 35.5. The first kappa shape index (κ1) is 29.3. The lowest BCUT2D eigenvalue weighted by Gasteiger charge is -2.43. The average Bonchev–Trinajstić information content (AvgIpc) is 3.76. The second-order valence-corrected chi connectivity index (χ2v) is 14.8. The van der Waals surface area contributed by atoms with E-state index in [0.717, 1.165) is 31.9 Å². The van der Waals surface area contributed by atoms with Crippen molar-refractivity contribution in [3.05, 3.63) is 85.8 Å². The molecule has 46 heavy (non-hydrogen) atoms. The topological polar surface area (TPSA) is 146 Å². The summed E-state index contributed by atoms with van der Waals surface area (Å²) in [6.07, 6.45) is 0.649. The highest BCUT2D eigenvalue weighted by Gasteiger charge is 2.69. The molecular formula is C33H26ClN3O7S2. The molecular weight excluding hydrogens is 650 g/mol. The van der Waals surface area contributed by atoms with E-state index in [-0.39, 0.29) is 40.4 Å². The van der Waals surface area contributed by atoms with Gasteiger partial charge in [0.2, 0.25) is 11.8 Å². The molecule has 2 bridgehead atoms. The summed E-state index contributed by atoms with van der Waals surface area (Å²) in [6.45, 7) is -0.929. The Morgan fingerprint density at radius 2 is 1.78 bits per heavy atom. The Labute approximate surface area is 275 Å². The molecule has 4 aromatic rings. The number of thioether (sulfide) groups is 1. The smallest absolute Gasteiger partial charge is 0.323 e. The minimum Gasteiger partial charge on any atom is -0.483 e. The predicted octanol–water partition coefficient (Wildman–Crippen LogP) is 4.82. The second-order valence-electron chi connectivity index (χ2n) is 12.2. The quantitative estimate of drug-likeness (QED) is 0.237. The molecule has 8 rings (SSSR count). The zero-order valence-corrected chi connectivity index (χ0v) is 26.4. The maximum atomic E-state index is 13.5. The highest BCUT2D eigenvalue weighted by molar-refractivity contribution is 8.00. The van der Waals surface area contributed by atoms with Gasteiger partial charge in [0.15, 0.2) is 6.61 Å². The van der Waals surface area contributed by atoms with Gasteiger partial charge in [-0.2, -0.15) is 0 Å². The number of carbonyl (C=O) groups excluding carboxylic acids is 3. The van der Waals surface area contributed by atoms with Gasteiger partial charge in [-0.05, 0) is 53.8 Å². The minimum atomic E-state index is -1.23. The number of halogens is 1. The second kappa shape index (κ2) is 11.0. The lowest BCUT2D eigenvalue weighted by Crippen LogP contribution is -2.42. The molecule has 1 saturated heterocycles. The maximum absolute atomic E-state index is 13.5. The molecule has 2 saturated carbocycles. The zero-order chi connectivity index (χ0) is 31.9. The third-order valence-electron chi connectivity index (χ3n) is 9.84. The maximum Gasteiger partial charge on any atom is 0.323 e. The number of carbonyl (C=O) groups is 4. The van der Waals surface area contributed by atoms with Gasteiger partial charge in [-0.3, -0.25) is 28.9 Å². The number of aliphatic carboxylic acids is 1. The average molecular weight is 676 g/mol. The molecule has 2 aliphatic heterocycles. The molecule has 3 amide bonds. The summed E-state index contributed by atoms with van der Waals surface area (Å²) in [5.74, 6) is -4.12. The third kappa shape index (κ3) is 4.57. The number of aromatic nitrogens is 1. The summed E-state index contributed by atoms with van der Waals surface area (Å²) >= 11 is 9.17. The van der Waals surface area contributed by atoms with Gasteiger partial charge in [-0.25, -0.2) is 0 Å². The van der Waals surface area contributed by atoms with Gasteiger partial charge < -0.3 is 20.1 Å². The minimum absolute atomic E-state index is 0.1000. The summed E-state index contributed by atoms with van der Waals surface area (Å²) < 4.78 is 6.17. The molecule has 1 aromatic heterocycles. The molecule has 0 spiro atoms. The first-order chi connectivity index (χ1) is 22.2. The molecule has 234 valence electrons. The summed E-state index contributed by atoms with van der Waals surface area (Å²) in [5.41, 5.74) is 1.36. The number of H-pyrrole nitrogens is 1. The third-order valence-corrected chi connectivity index (χ3v) is 12.7. The number of rotatable bonds is 7. The normalized spacial score (nSPS) is 27.4. The van der Waals surface area contributed by atoms with E-state index in [1.54, 1.807) is 18.2 Å². The molecule has 10 nitrogen and oxygen atoms in total. The largest absolute Gasteiger partial charge is 0.483 e. The van der Waals surface area contributed by atoms with Crippen molar-refractivity contribution in [3.63, 3.8) is 0 Å². The van der Waals surface area contributed by atoms with Gasteiger partial charge in [0.25, 0.3) is 5.91 Å². The van der Waals surface area contributed by atoms with Crippen molar-refractivity contribution >= 4 is 74.9 Å². The summed E-state index contributed by atoms with van der Waals surface area (Å²) in [5, 5.41) is 15.3. The van der Waals surface area contributed by atoms with E-state index in [4.69, 9.17) is 16.3 Å². The van der Waals surface area contributed by atoms with Gasteiger partial charge in [0.1, 0.15) is 12.3 Å². The molecule has 4 aliphatic rings. The number of amides is 3. The van der Waals surface area contributed by atoms with Crippen molar-refractivity contribution in [1.29, 1.82) is 0 Å². The van der Waals surface area contributed by atoms with Crippen LogP contribution in [-0.4, -0.2) is 57.1 Å². The van der Waals surface area contributed by atoms with Crippen LogP contribution in [0.4, 0.5) is 5.69 Å². The van der Waals surface area contributed by atoms with Crippen LogP contribution in [0, 0.1) is 29.6 Å². The van der Waals surface area contributed by atoms with Gasteiger partial charge in [0, 0.05) is 37.7 Å². The molecule has 0 radical (unpaired) electrons.